The molecule has 0 aliphatic carbocycles. The molecule has 0 aromatic heterocycles. The van der Waals surface area contributed by atoms with Crippen molar-refractivity contribution in [1.82, 2.24) is 5.32 Å². The summed E-state index contributed by atoms with van der Waals surface area (Å²) in [5.74, 6) is -0.576. The van der Waals surface area contributed by atoms with Gasteiger partial charge in [-0.1, -0.05) is 42.8 Å². The molecule has 0 bridgehead atoms. The maximum atomic E-state index is 12.4. The number of ether oxygens (including phenoxy) is 2. The molecule has 2 N–H and O–H groups in total. The van der Waals surface area contributed by atoms with Crippen molar-refractivity contribution >= 4 is 23.5 Å². The van der Waals surface area contributed by atoms with Crippen molar-refractivity contribution in [1.29, 1.82) is 0 Å². The Bertz CT molecular complexity index is 824. The molecule has 2 rings (SSSR count). The van der Waals surface area contributed by atoms with Gasteiger partial charge >= 0.3 is 5.97 Å². The number of aliphatic carboxylic acids is 1. The summed E-state index contributed by atoms with van der Waals surface area (Å²) in [6.45, 7) is 1.89. The summed E-state index contributed by atoms with van der Waals surface area (Å²) in [4.78, 5) is 24.1. The highest BCUT2D eigenvalue weighted by molar-refractivity contribution is 6.32. The Morgan fingerprint density at radius 3 is 2.37 bits per heavy atom. The van der Waals surface area contributed by atoms with E-state index >= 15 is 0 Å². The first-order valence-electron chi connectivity index (χ1n) is 8.35. The molecule has 2 atom stereocenters. The van der Waals surface area contributed by atoms with E-state index in [9.17, 15) is 14.7 Å². The van der Waals surface area contributed by atoms with Gasteiger partial charge in [-0.3, -0.25) is 4.79 Å². The number of carbonyl (C=O) groups excluding carboxylic acids is 1. The Hall–Kier alpha value is -2.73. The summed E-state index contributed by atoms with van der Waals surface area (Å²) in [7, 11) is 3.04. The minimum Gasteiger partial charge on any atom is -0.496 e. The van der Waals surface area contributed by atoms with Gasteiger partial charge in [0, 0.05) is 6.42 Å². The van der Waals surface area contributed by atoms with Crippen LogP contribution < -0.4 is 14.8 Å². The lowest BCUT2D eigenvalue weighted by Gasteiger charge is -2.19. The number of carboxylic acids is 1. The van der Waals surface area contributed by atoms with Crippen LogP contribution >= 0.6 is 11.6 Å². The van der Waals surface area contributed by atoms with Gasteiger partial charge in [0.25, 0.3) is 0 Å². The average molecular weight is 392 g/mol. The molecule has 0 heterocycles. The zero-order valence-electron chi connectivity index (χ0n) is 15.4. The monoisotopic (exact) mass is 391 g/mol. The number of methoxy groups -OCH3 is 2. The van der Waals surface area contributed by atoms with Crippen molar-refractivity contribution in [2.75, 3.05) is 14.2 Å². The average Bonchev–Trinajstić information content (AvgIpc) is 2.65. The predicted molar refractivity (Wildman–Crippen MR) is 103 cm³/mol. The second-order valence-corrected chi connectivity index (χ2v) is 6.49. The Balaban J connectivity index is 2.13. The van der Waals surface area contributed by atoms with Gasteiger partial charge in [0.05, 0.1) is 19.2 Å². The van der Waals surface area contributed by atoms with Crippen LogP contribution in [0.3, 0.4) is 0 Å². The molecule has 0 radical (unpaired) electrons. The molecule has 0 saturated heterocycles. The molecular weight excluding hydrogens is 370 g/mol. The number of rotatable bonds is 8. The van der Waals surface area contributed by atoms with Crippen LogP contribution in [0.1, 0.15) is 36.4 Å². The van der Waals surface area contributed by atoms with Gasteiger partial charge in [0.1, 0.15) is 11.5 Å². The molecule has 0 aliphatic heterocycles. The Kier molecular flexibility index (Phi) is 7.07. The highest BCUT2D eigenvalue weighted by Crippen LogP contribution is 2.30. The normalized spacial score (nSPS) is 12.7. The molecule has 2 aromatic rings. The largest absolute Gasteiger partial charge is 0.496 e. The molecule has 2 aromatic carbocycles. The van der Waals surface area contributed by atoms with E-state index in [1.54, 1.807) is 19.2 Å². The smallest absolute Gasteiger partial charge is 0.330 e. The molecule has 27 heavy (non-hydrogen) atoms. The number of nitrogens with one attached hydrogen (secondary N) is 1. The zero-order chi connectivity index (χ0) is 20.0. The van der Waals surface area contributed by atoms with E-state index in [2.05, 4.69) is 5.32 Å². The fraction of sp³-hybridized carbons (Fsp3) is 0.300. The zero-order valence-corrected chi connectivity index (χ0v) is 16.1. The van der Waals surface area contributed by atoms with Crippen LogP contribution in [0, 0.1) is 0 Å². The first-order valence-corrected chi connectivity index (χ1v) is 8.73. The number of hydrogen-bond donors (Lipinski definition) is 2. The minimum atomic E-state index is -1.20. The molecular formula is C20H22ClNO5. The Morgan fingerprint density at radius 1 is 1.11 bits per heavy atom. The molecule has 0 fully saturated rings. The van der Waals surface area contributed by atoms with Crippen LogP contribution in [0.5, 0.6) is 11.5 Å². The van der Waals surface area contributed by atoms with Crippen LogP contribution in [0.4, 0.5) is 0 Å². The van der Waals surface area contributed by atoms with E-state index in [-0.39, 0.29) is 23.3 Å². The maximum absolute atomic E-state index is 12.4. The summed E-state index contributed by atoms with van der Waals surface area (Å²) in [5.41, 5.74) is 1.25. The number of carboxylic acid groups (broad SMARTS) is 1. The predicted octanol–water partition coefficient (Wildman–Crippen LogP) is 3.79. The van der Waals surface area contributed by atoms with E-state index < -0.39 is 12.0 Å². The molecule has 0 spiro atoms. The van der Waals surface area contributed by atoms with Gasteiger partial charge in [-0.25, -0.2) is 4.79 Å². The summed E-state index contributed by atoms with van der Waals surface area (Å²) in [6, 6.07) is 10.8. The number of amides is 1. The number of carbonyl (C=O) groups is 2. The second kappa shape index (κ2) is 9.28. The third kappa shape index (κ3) is 5.14. The van der Waals surface area contributed by atoms with Crippen LogP contribution in [0.15, 0.2) is 42.5 Å². The number of para-hydroxylation sites is 1. The fourth-order valence-electron chi connectivity index (χ4n) is 2.83. The minimum absolute atomic E-state index is 0.119. The van der Waals surface area contributed by atoms with E-state index in [0.717, 1.165) is 5.56 Å². The third-order valence-electron chi connectivity index (χ3n) is 4.22. The first kappa shape index (κ1) is 20.6. The topological polar surface area (TPSA) is 84.9 Å². The lowest BCUT2D eigenvalue weighted by atomic mass is 9.96. The van der Waals surface area contributed by atoms with Gasteiger partial charge in [0.15, 0.2) is 6.04 Å². The van der Waals surface area contributed by atoms with E-state index in [1.807, 2.05) is 31.2 Å². The van der Waals surface area contributed by atoms with Crippen molar-refractivity contribution in [3.63, 3.8) is 0 Å². The Morgan fingerprint density at radius 2 is 1.78 bits per heavy atom. The van der Waals surface area contributed by atoms with Crippen LogP contribution in [-0.4, -0.2) is 31.2 Å². The lowest BCUT2D eigenvalue weighted by Crippen LogP contribution is -2.34. The van der Waals surface area contributed by atoms with Crippen LogP contribution in [0.2, 0.25) is 5.02 Å². The first-order chi connectivity index (χ1) is 12.9. The SMILES string of the molecule is COc1ccc(C(NC(=O)CC(C)c2ccccc2OC)C(=O)O)cc1Cl. The number of halogens is 1. The molecule has 0 saturated carbocycles. The number of benzene rings is 2. The summed E-state index contributed by atoms with van der Waals surface area (Å²) in [5, 5.41) is 12.3. The molecule has 0 aliphatic rings. The van der Waals surface area contributed by atoms with Crippen molar-refractivity contribution in [2.45, 2.75) is 25.3 Å². The van der Waals surface area contributed by atoms with Crippen molar-refractivity contribution in [3.05, 3.63) is 58.6 Å². The molecule has 144 valence electrons. The molecule has 1 amide bonds. The van der Waals surface area contributed by atoms with Gasteiger partial charge in [-0.2, -0.15) is 0 Å². The van der Waals surface area contributed by atoms with Crippen molar-refractivity contribution < 1.29 is 24.2 Å². The highest BCUT2D eigenvalue weighted by Gasteiger charge is 2.24. The third-order valence-corrected chi connectivity index (χ3v) is 4.52. The fourth-order valence-corrected chi connectivity index (χ4v) is 3.10. The standard InChI is InChI=1S/C20H22ClNO5/c1-12(14-6-4-5-7-16(14)26-2)10-18(23)22-19(20(24)25)13-8-9-17(27-3)15(21)11-13/h4-9,11-12,19H,10H2,1-3H3,(H,22,23)(H,24,25). The van der Waals surface area contributed by atoms with Gasteiger partial charge in [0.2, 0.25) is 5.91 Å². The van der Waals surface area contributed by atoms with Crippen molar-refractivity contribution in [3.8, 4) is 11.5 Å². The second-order valence-electron chi connectivity index (χ2n) is 6.08. The lowest BCUT2D eigenvalue weighted by molar-refractivity contribution is -0.142. The van der Waals surface area contributed by atoms with Crippen LogP contribution in [0.25, 0.3) is 0 Å². The molecule has 2 unspecified atom stereocenters. The van der Waals surface area contributed by atoms with Crippen molar-refractivity contribution in [2.24, 2.45) is 0 Å². The van der Waals surface area contributed by atoms with E-state index in [0.29, 0.717) is 17.1 Å². The Labute approximate surface area is 163 Å². The number of hydrogen-bond acceptors (Lipinski definition) is 4. The summed E-state index contributed by atoms with van der Waals surface area (Å²) < 4.78 is 10.4. The van der Waals surface area contributed by atoms with Gasteiger partial charge in [-0.15, -0.1) is 0 Å². The highest BCUT2D eigenvalue weighted by atomic mass is 35.5. The maximum Gasteiger partial charge on any atom is 0.330 e. The van der Waals surface area contributed by atoms with E-state index in [4.69, 9.17) is 21.1 Å². The van der Waals surface area contributed by atoms with Crippen LogP contribution in [-0.2, 0) is 9.59 Å². The van der Waals surface area contributed by atoms with E-state index in [1.165, 1.54) is 13.2 Å². The molecule has 6 nitrogen and oxygen atoms in total. The summed E-state index contributed by atoms with van der Waals surface area (Å²) >= 11 is 6.07. The quantitative estimate of drug-likeness (QED) is 0.715. The van der Waals surface area contributed by atoms with Gasteiger partial charge < -0.3 is 19.9 Å². The van der Waals surface area contributed by atoms with Gasteiger partial charge in [-0.05, 0) is 35.2 Å². The molecule has 7 heteroatoms. The summed E-state index contributed by atoms with van der Waals surface area (Å²) in [6.07, 6.45) is 0.119.